The highest BCUT2D eigenvalue weighted by atomic mass is 16.5. The van der Waals surface area contributed by atoms with E-state index in [1.807, 2.05) is 0 Å². The average Bonchev–Trinajstić information content (AvgIpc) is 2.66. The first-order valence-electron chi connectivity index (χ1n) is 8.25. The molecule has 0 aliphatic carbocycles. The molecule has 0 saturated carbocycles. The van der Waals surface area contributed by atoms with Gasteiger partial charge in [-0.05, 0) is 29.1 Å². The van der Waals surface area contributed by atoms with Crippen molar-refractivity contribution in [2.75, 3.05) is 0 Å². The Morgan fingerprint density at radius 2 is 1.85 bits per heavy atom. The van der Waals surface area contributed by atoms with Crippen LogP contribution in [0.1, 0.15) is 27.4 Å². The predicted molar refractivity (Wildman–Crippen MR) is 98.3 cm³/mol. The lowest BCUT2D eigenvalue weighted by atomic mass is 9.77. The smallest absolute Gasteiger partial charge is 0.336 e. The van der Waals surface area contributed by atoms with Crippen molar-refractivity contribution in [3.8, 4) is 17.6 Å². The fourth-order valence-corrected chi connectivity index (χ4v) is 3.62. The number of carbonyl (C=O) groups is 1. The summed E-state index contributed by atoms with van der Waals surface area (Å²) in [6.45, 7) is 0. The molecule has 1 aliphatic rings. The molecule has 132 valence electrons. The van der Waals surface area contributed by atoms with E-state index < -0.39 is 17.8 Å². The summed E-state index contributed by atoms with van der Waals surface area (Å²) in [7, 11) is 0. The first-order valence-corrected chi connectivity index (χ1v) is 8.25. The number of ether oxygens (including phenoxy) is 1. The molecule has 0 fully saturated rings. The predicted octanol–water partition coefficient (Wildman–Crippen LogP) is 3.88. The summed E-state index contributed by atoms with van der Waals surface area (Å²) in [6, 6.07) is 16.9. The molecule has 0 radical (unpaired) electrons. The van der Waals surface area contributed by atoms with Crippen LogP contribution in [0.4, 0.5) is 0 Å². The summed E-state index contributed by atoms with van der Waals surface area (Å²) in [5, 5.41) is 38.4. The zero-order valence-corrected chi connectivity index (χ0v) is 14.0. The van der Waals surface area contributed by atoms with Gasteiger partial charge in [-0.15, -0.1) is 0 Å². The van der Waals surface area contributed by atoms with Crippen LogP contribution in [0.25, 0.3) is 10.8 Å². The van der Waals surface area contributed by atoms with Crippen LogP contribution in [0.2, 0.25) is 0 Å². The molecule has 1 heterocycles. The van der Waals surface area contributed by atoms with E-state index in [1.54, 1.807) is 36.4 Å². The van der Waals surface area contributed by atoms with E-state index in [1.165, 1.54) is 18.2 Å². The number of carboxylic acid groups (broad SMARTS) is 1. The van der Waals surface area contributed by atoms with Gasteiger partial charge in [-0.1, -0.05) is 36.4 Å². The van der Waals surface area contributed by atoms with Crippen LogP contribution < -0.4 is 4.74 Å². The van der Waals surface area contributed by atoms with Crippen LogP contribution in [0.3, 0.4) is 0 Å². The number of aromatic carboxylic acids is 1. The van der Waals surface area contributed by atoms with Crippen molar-refractivity contribution in [3.63, 3.8) is 0 Å². The van der Waals surface area contributed by atoms with Crippen LogP contribution in [0, 0.1) is 22.7 Å². The van der Waals surface area contributed by atoms with Crippen molar-refractivity contribution in [3.05, 3.63) is 71.3 Å². The van der Waals surface area contributed by atoms with E-state index in [0.717, 1.165) is 0 Å². The fourth-order valence-electron chi connectivity index (χ4n) is 3.62. The van der Waals surface area contributed by atoms with Gasteiger partial charge in [-0.3, -0.25) is 5.41 Å². The second kappa shape index (κ2) is 6.15. The minimum atomic E-state index is -1.09. The minimum absolute atomic E-state index is 0.0306. The number of hydrogen-bond acceptors (Lipinski definition) is 5. The molecular weight excluding hydrogens is 344 g/mol. The topological polar surface area (TPSA) is 114 Å². The molecule has 1 aliphatic heterocycles. The molecule has 0 saturated heterocycles. The maximum Gasteiger partial charge on any atom is 0.336 e. The van der Waals surface area contributed by atoms with Crippen LogP contribution >= 0.6 is 0 Å². The molecule has 3 aromatic carbocycles. The van der Waals surface area contributed by atoms with Crippen molar-refractivity contribution in [1.82, 2.24) is 0 Å². The van der Waals surface area contributed by atoms with E-state index in [-0.39, 0.29) is 17.2 Å². The SMILES string of the molecule is N#CC1C(=N)Oc2c(cc(C(=O)O)c3ccccc23)C1c1cccc(O)c1. The Morgan fingerprint density at radius 1 is 1.11 bits per heavy atom. The first kappa shape index (κ1) is 16.6. The number of hydrogen-bond donors (Lipinski definition) is 3. The van der Waals surface area contributed by atoms with Gasteiger partial charge in [0, 0.05) is 16.9 Å². The minimum Gasteiger partial charge on any atom is -0.508 e. The highest BCUT2D eigenvalue weighted by Gasteiger charge is 2.38. The van der Waals surface area contributed by atoms with Gasteiger partial charge in [-0.2, -0.15) is 5.26 Å². The quantitative estimate of drug-likeness (QED) is 0.643. The number of nitrogens with zero attached hydrogens (tertiary/aromatic N) is 1. The summed E-state index contributed by atoms with van der Waals surface area (Å²) < 4.78 is 5.67. The second-order valence-electron chi connectivity index (χ2n) is 6.34. The Hall–Kier alpha value is -3.85. The third kappa shape index (κ3) is 2.57. The summed E-state index contributed by atoms with van der Waals surface area (Å²) in [5.74, 6) is -2.43. The van der Waals surface area contributed by atoms with Gasteiger partial charge >= 0.3 is 5.97 Å². The monoisotopic (exact) mass is 358 g/mol. The van der Waals surface area contributed by atoms with Crippen LogP contribution in [0.5, 0.6) is 11.5 Å². The molecule has 3 aromatic rings. The maximum absolute atomic E-state index is 11.8. The number of aromatic hydroxyl groups is 1. The average molecular weight is 358 g/mol. The van der Waals surface area contributed by atoms with Crippen molar-refractivity contribution >= 4 is 22.6 Å². The lowest BCUT2D eigenvalue weighted by molar-refractivity contribution is 0.0699. The number of phenolic OH excluding ortho intramolecular Hbond substituents is 1. The Morgan fingerprint density at radius 3 is 2.52 bits per heavy atom. The van der Waals surface area contributed by atoms with E-state index in [2.05, 4.69) is 6.07 Å². The Labute approximate surface area is 154 Å². The molecule has 6 heteroatoms. The van der Waals surface area contributed by atoms with Crippen molar-refractivity contribution < 1.29 is 19.7 Å². The first-order chi connectivity index (χ1) is 13.0. The Kier molecular flexibility index (Phi) is 3.78. The molecular formula is C21H14N2O4. The van der Waals surface area contributed by atoms with Gasteiger partial charge in [0.15, 0.2) is 0 Å². The standard InChI is InChI=1S/C21H14N2O4/c22-10-17-18(11-4-3-5-12(24)8-11)16-9-15(21(25)26)13-6-1-2-7-14(13)19(16)27-20(17)23/h1-9,17-18,23-24H,(H,25,26). The molecule has 0 bridgehead atoms. The Balaban J connectivity index is 2.08. The molecule has 2 atom stereocenters. The van der Waals surface area contributed by atoms with Gasteiger partial charge in [0.25, 0.3) is 0 Å². The maximum atomic E-state index is 11.8. The zero-order chi connectivity index (χ0) is 19.1. The number of rotatable bonds is 2. The van der Waals surface area contributed by atoms with Gasteiger partial charge in [0.05, 0.1) is 11.6 Å². The number of phenols is 1. The van der Waals surface area contributed by atoms with Gasteiger partial charge in [0.1, 0.15) is 17.4 Å². The highest BCUT2D eigenvalue weighted by Crippen LogP contribution is 2.46. The lowest BCUT2D eigenvalue weighted by Crippen LogP contribution is -2.31. The number of fused-ring (bicyclic) bond motifs is 3. The molecule has 6 nitrogen and oxygen atoms in total. The van der Waals surface area contributed by atoms with E-state index in [4.69, 9.17) is 10.1 Å². The number of nitriles is 1. The van der Waals surface area contributed by atoms with Crippen LogP contribution in [-0.2, 0) is 0 Å². The number of nitrogens with one attached hydrogen (secondary N) is 1. The zero-order valence-electron chi connectivity index (χ0n) is 14.0. The van der Waals surface area contributed by atoms with Gasteiger partial charge in [-0.25, -0.2) is 4.79 Å². The molecule has 0 aromatic heterocycles. The van der Waals surface area contributed by atoms with Gasteiger partial charge in [0.2, 0.25) is 5.90 Å². The second-order valence-corrected chi connectivity index (χ2v) is 6.34. The molecule has 4 rings (SSSR count). The molecule has 0 spiro atoms. The van der Waals surface area contributed by atoms with Gasteiger partial charge < -0.3 is 14.9 Å². The summed E-state index contributed by atoms with van der Waals surface area (Å²) in [6.07, 6.45) is 0. The normalized spacial score (nSPS) is 18.4. The molecule has 27 heavy (non-hydrogen) atoms. The number of carboxylic acids is 1. The van der Waals surface area contributed by atoms with E-state index >= 15 is 0 Å². The van der Waals surface area contributed by atoms with Crippen molar-refractivity contribution in [2.45, 2.75) is 5.92 Å². The Bertz CT molecular complexity index is 1150. The van der Waals surface area contributed by atoms with E-state index in [0.29, 0.717) is 27.6 Å². The molecule has 2 unspecified atom stereocenters. The third-order valence-electron chi connectivity index (χ3n) is 4.79. The van der Waals surface area contributed by atoms with Crippen LogP contribution in [-0.4, -0.2) is 22.1 Å². The largest absolute Gasteiger partial charge is 0.508 e. The summed E-state index contributed by atoms with van der Waals surface area (Å²) in [5.41, 5.74) is 1.23. The molecule has 3 N–H and O–H groups in total. The molecule has 0 amide bonds. The highest BCUT2D eigenvalue weighted by molar-refractivity contribution is 6.07. The lowest BCUT2D eigenvalue weighted by Gasteiger charge is -2.31. The van der Waals surface area contributed by atoms with Crippen molar-refractivity contribution in [2.24, 2.45) is 5.92 Å². The number of benzene rings is 3. The summed E-state index contributed by atoms with van der Waals surface area (Å²) in [4.78, 5) is 11.8. The fraction of sp³-hybridized carbons (Fsp3) is 0.0952. The third-order valence-corrected chi connectivity index (χ3v) is 4.79. The van der Waals surface area contributed by atoms with E-state index in [9.17, 15) is 20.3 Å². The van der Waals surface area contributed by atoms with Crippen LogP contribution in [0.15, 0.2) is 54.6 Å². The van der Waals surface area contributed by atoms with Crippen molar-refractivity contribution in [1.29, 1.82) is 10.7 Å². The summed E-state index contributed by atoms with van der Waals surface area (Å²) >= 11 is 0.